The molecule has 4 rings (SSSR count). The van der Waals surface area contributed by atoms with Crippen LogP contribution < -0.4 is 0 Å². The number of pyridine rings is 1. The van der Waals surface area contributed by atoms with Crippen LogP contribution in [-0.2, 0) is 30.1 Å². The predicted octanol–water partition coefficient (Wildman–Crippen LogP) is 3.37. The highest BCUT2D eigenvalue weighted by Gasteiger charge is 2.22. The molecule has 1 fully saturated rings. The molecule has 0 amide bonds. The van der Waals surface area contributed by atoms with Gasteiger partial charge in [0.2, 0.25) is 0 Å². The van der Waals surface area contributed by atoms with Gasteiger partial charge in [0, 0.05) is 18.6 Å². The highest BCUT2D eigenvalue weighted by molar-refractivity contribution is 7.98. The maximum absolute atomic E-state index is 5.86. The van der Waals surface area contributed by atoms with Crippen molar-refractivity contribution in [1.29, 1.82) is 0 Å². The third kappa shape index (κ3) is 5.01. The Morgan fingerprint density at radius 1 is 1.21 bits per heavy atom. The van der Waals surface area contributed by atoms with Gasteiger partial charge in [0.05, 0.1) is 37.7 Å². The van der Waals surface area contributed by atoms with Gasteiger partial charge in [-0.1, -0.05) is 17.8 Å². The van der Waals surface area contributed by atoms with Crippen LogP contribution in [0, 0.1) is 0 Å². The molecule has 28 heavy (non-hydrogen) atoms. The molecule has 3 aromatic rings. The zero-order valence-electron chi connectivity index (χ0n) is 16.0. The van der Waals surface area contributed by atoms with Crippen LogP contribution >= 0.6 is 11.8 Å². The Morgan fingerprint density at radius 3 is 2.93 bits per heavy atom. The molecule has 0 bridgehead atoms. The summed E-state index contributed by atoms with van der Waals surface area (Å²) < 4.78 is 13.5. The second-order valence-electron chi connectivity index (χ2n) is 7.01. The molecule has 4 heterocycles. The number of furan rings is 1. The summed E-state index contributed by atoms with van der Waals surface area (Å²) in [4.78, 5) is 6.58. The van der Waals surface area contributed by atoms with E-state index in [1.165, 1.54) is 0 Å². The minimum absolute atomic E-state index is 0.235. The quantitative estimate of drug-likeness (QED) is 0.511. The molecule has 0 aliphatic carbocycles. The summed E-state index contributed by atoms with van der Waals surface area (Å²) in [5, 5.41) is 9.87. The largest absolute Gasteiger partial charge is 0.468 e. The summed E-state index contributed by atoms with van der Waals surface area (Å²) in [6, 6.07) is 9.87. The molecule has 1 aliphatic rings. The first kappa shape index (κ1) is 19.2. The van der Waals surface area contributed by atoms with Gasteiger partial charge in [0.1, 0.15) is 11.6 Å². The van der Waals surface area contributed by atoms with Gasteiger partial charge in [0.25, 0.3) is 0 Å². The summed E-state index contributed by atoms with van der Waals surface area (Å²) in [7, 11) is 2.06. The Hall–Kier alpha value is -2.16. The average Bonchev–Trinajstić information content (AvgIpc) is 3.46. The fraction of sp³-hybridized carbons (Fsp3) is 0.450. The molecule has 3 aromatic heterocycles. The van der Waals surface area contributed by atoms with E-state index in [0.717, 1.165) is 60.7 Å². The van der Waals surface area contributed by atoms with Crippen molar-refractivity contribution in [2.45, 2.75) is 49.5 Å². The van der Waals surface area contributed by atoms with Crippen LogP contribution in [0.25, 0.3) is 0 Å². The van der Waals surface area contributed by atoms with Gasteiger partial charge in [-0.2, -0.15) is 0 Å². The first-order valence-corrected chi connectivity index (χ1v) is 10.5. The average molecular weight is 400 g/mol. The van der Waals surface area contributed by atoms with Crippen LogP contribution in [0.5, 0.6) is 0 Å². The third-order valence-corrected chi connectivity index (χ3v) is 5.70. The molecule has 1 aliphatic heterocycles. The van der Waals surface area contributed by atoms with E-state index >= 15 is 0 Å². The van der Waals surface area contributed by atoms with E-state index < -0.39 is 0 Å². The molecule has 0 unspecified atom stereocenters. The number of thioether (sulfide) groups is 1. The lowest BCUT2D eigenvalue weighted by atomic mass is 10.2. The van der Waals surface area contributed by atoms with Gasteiger partial charge in [-0.3, -0.25) is 9.88 Å². The molecule has 148 valence electrons. The molecule has 0 radical (unpaired) electrons. The van der Waals surface area contributed by atoms with Crippen LogP contribution in [0.2, 0.25) is 0 Å². The van der Waals surface area contributed by atoms with Gasteiger partial charge in [-0.05, 0) is 44.2 Å². The van der Waals surface area contributed by atoms with Crippen LogP contribution in [0.1, 0.15) is 30.1 Å². The SMILES string of the molecule is CN(Cc1ccco1)Cc1nnc(SCc2ccccn2)n1C[C@@H]1CCCO1. The summed E-state index contributed by atoms with van der Waals surface area (Å²) in [6.07, 6.45) is 5.97. The lowest BCUT2D eigenvalue weighted by molar-refractivity contribution is 0.0933. The molecular formula is C20H25N5O2S. The van der Waals surface area contributed by atoms with Crippen LogP contribution in [0.4, 0.5) is 0 Å². The van der Waals surface area contributed by atoms with Gasteiger partial charge < -0.3 is 13.7 Å². The van der Waals surface area contributed by atoms with E-state index in [2.05, 4.69) is 31.7 Å². The van der Waals surface area contributed by atoms with Crippen LogP contribution in [0.3, 0.4) is 0 Å². The molecule has 0 saturated carbocycles. The molecule has 0 aromatic carbocycles. The van der Waals surface area contributed by atoms with E-state index in [4.69, 9.17) is 9.15 Å². The normalized spacial score (nSPS) is 16.9. The van der Waals surface area contributed by atoms with Crippen molar-refractivity contribution in [2.75, 3.05) is 13.7 Å². The molecule has 8 heteroatoms. The fourth-order valence-electron chi connectivity index (χ4n) is 3.31. The number of rotatable bonds is 9. The Kier molecular flexibility index (Phi) is 6.41. The Labute approximate surface area is 169 Å². The number of nitrogens with zero attached hydrogens (tertiary/aromatic N) is 5. The van der Waals surface area contributed by atoms with Crippen molar-refractivity contribution in [2.24, 2.45) is 0 Å². The number of aromatic nitrogens is 4. The zero-order valence-corrected chi connectivity index (χ0v) is 16.8. The standard InChI is InChI=1S/C20H25N5O2S/c1-24(12-17-7-4-10-26-17)14-19-22-23-20(25(19)13-18-8-5-11-27-18)28-15-16-6-2-3-9-21-16/h2-4,6-7,9-10,18H,5,8,11-15H2,1H3/t18-/m0/s1. The van der Waals surface area contributed by atoms with Gasteiger partial charge in [-0.15, -0.1) is 10.2 Å². The fourth-order valence-corrected chi connectivity index (χ4v) is 4.19. The second kappa shape index (κ2) is 9.36. The lowest BCUT2D eigenvalue weighted by Crippen LogP contribution is -2.23. The highest BCUT2D eigenvalue weighted by atomic mass is 32.2. The Balaban J connectivity index is 1.47. The summed E-state index contributed by atoms with van der Waals surface area (Å²) in [5.74, 6) is 2.66. The van der Waals surface area contributed by atoms with E-state index in [1.54, 1.807) is 18.0 Å². The molecule has 0 N–H and O–H groups in total. The topological polar surface area (TPSA) is 69.2 Å². The smallest absolute Gasteiger partial charge is 0.191 e. The zero-order chi connectivity index (χ0) is 19.2. The first-order valence-electron chi connectivity index (χ1n) is 9.55. The van der Waals surface area contributed by atoms with Gasteiger partial charge in [0.15, 0.2) is 5.16 Å². The van der Waals surface area contributed by atoms with E-state index in [9.17, 15) is 0 Å². The van der Waals surface area contributed by atoms with Gasteiger partial charge >= 0.3 is 0 Å². The Morgan fingerprint density at radius 2 is 2.18 bits per heavy atom. The van der Waals surface area contributed by atoms with Crippen molar-refractivity contribution in [3.63, 3.8) is 0 Å². The molecular weight excluding hydrogens is 374 g/mol. The first-order chi connectivity index (χ1) is 13.8. The number of hydrogen-bond donors (Lipinski definition) is 0. The number of hydrogen-bond acceptors (Lipinski definition) is 7. The monoisotopic (exact) mass is 399 g/mol. The minimum Gasteiger partial charge on any atom is -0.468 e. The summed E-state index contributed by atoms with van der Waals surface area (Å²) in [5.41, 5.74) is 1.04. The van der Waals surface area contributed by atoms with Crippen LogP contribution in [0.15, 0.2) is 52.4 Å². The third-order valence-electron chi connectivity index (χ3n) is 4.70. The second-order valence-corrected chi connectivity index (χ2v) is 7.95. The maximum Gasteiger partial charge on any atom is 0.191 e. The lowest BCUT2D eigenvalue weighted by Gasteiger charge is -2.18. The van der Waals surface area contributed by atoms with Crippen molar-refractivity contribution in [3.8, 4) is 0 Å². The van der Waals surface area contributed by atoms with Crippen molar-refractivity contribution >= 4 is 11.8 Å². The van der Waals surface area contributed by atoms with E-state index in [0.29, 0.717) is 6.54 Å². The van der Waals surface area contributed by atoms with Crippen molar-refractivity contribution in [1.82, 2.24) is 24.6 Å². The maximum atomic E-state index is 5.86. The van der Waals surface area contributed by atoms with Crippen molar-refractivity contribution in [3.05, 3.63) is 60.1 Å². The molecule has 7 nitrogen and oxygen atoms in total. The van der Waals surface area contributed by atoms with Crippen molar-refractivity contribution < 1.29 is 9.15 Å². The summed E-state index contributed by atoms with van der Waals surface area (Å²) >= 11 is 1.67. The molecule has 1 atom stereocenters. The van der Waals surface area contributed by atoms with Gasteiger partial charge in [-0.25, -0.2) is 0 Å². The highest BCUT2D eigenvalue weighted by Crippen LogP contribution is 2.24. The minimum atomic E-state index is 0.235. The predicted molar refractivity (Wildman–Crippen MR) is 107 cm³/mol. The summed E-state index contributed by atoms with van der Waals surface area (Å²) in [6.45, 7) is 3.07. The van der Waals surface area contributed by atoms with Crippen LogP contribution in [-0.4, -0.2) is 44.4 Å². The molecule has 1 saturated heterocycles. The van der Waals surface area contributed by atoms with E-state index in [1.807, 2.05) is 36.5 Å². The Bertz CT molecular complexity index is 847. The van der Waals surface area contributed by atoms with E-state index in [-0.39, 0.29) is 6.10 Å². The number of ether oxygens (including phenoxy) is 1. The molecule has 0 spiro atoms.